The summed E-state index contributed by atoms with van der Waals surface area (Å²) in [7, 11) is 0. The van der Waals surface area contributed by atoms with Crippen LogP contribution in [0.3, 0.4) is 0 Å². The highest BCUT2D eigenvalue weighted by molar-refractivity contribution is 6.33. The van der Waals surface area contributed by atoms with E-state index in [9.17, 15) is 4.79 Å². The molecule has 3 aromatic rings. The van der Waals surface area contributed by atoms with Crippen LogP contribution in [-0.2, 0) is 0 Å². The Bertz CT molecular complexity index is 751. The molecule has 1 amide bonds. The summed E-state index contributed by atoms with van der Waals surface area (Å²) in [5.74, 6) is -0.261. The summed E-state index contributed by atoms with van der Waals surface area (Å²) >= 11 is 6.12. The van der Waals surface area contributed by atoms with Crippen molar-refractivity contribution in [2.75, 3.05) is 5.01 Å². The minimum Gasteiger partial charge on any atom is -0.267 e. The number of carbonyl (C=O) groups is 1. The highest BCUT2D eigenvalue weighted by Crippen LogP contribution is 2.23. The minimum absolute atomic E-state index is 0.261. The smallest absolute Gasteiger partial charge is 0.267 e. The van der Waals surface area contributed by atoms with Crippen LogP contribution in [0.2, 0.25) is 5.02 Å². The van der Waals surface area contributed by atoms with Crippen molar-refractivity contribution in [3.63, 3.8) is 0 Å². The molecular formula is C19H15ClN2O. The summed E-state index contributed by atoms with van der Waals surface area (Å²) in [5, 5.41) is 2.16. The number of para-hydroxylation sites is 2. The van der Waals surface area contributed by atoms with Gasteiger partial charge in [0.15, 0.2) is 0 Å². The molecule has 0 aliphatic heterocycles. The number of hydrazine groups is 1. The molecule has 0 bridgehead atoms. The Morgan fingerprint density at radius 3 is 1.74 bits per heavy atom. The molecule has 0 fully saturated rings. The van der Waals surface area contributed by atoms with E-state index < -0.39 is 0 Å². The Balaban J connectivity index is 1.94. The van der Waals surface area contributed by atoms with Crippen molar-refractivity contribution in [3.05, 3.63) is 95.5 Å². The van der Waals surface area contributed by atoms with E-state index in [2.05, 4.69) is 5.43 Å². The minimum atomic E-state index is -0.261. The van der Waals surface area contributed by atoms with Gasteiger partial charge in [-0.2, -0.15) is 0 Å². The fourth-order valence-corrected chi connectivity index (χ4v) is 2.46. The second-order valence-electron chi connectivity index (χ2n) is 4.93. The van der Waals surface area contributed by atoms with E-state index in [1.165, 1.54) is 0 Å². The molecule has 3 rings (SSSR count). The number of carbonyl (C=O) groups excluding carboxylic acids is 1. The van der Waals surface area contributed by atoms with Crippen molar-refractivity contribution in [2.24, 2.45) is 0 Å². The monoisotopic (exact) mass is 322 g/mol. The van der Waals surface area contributed by atoms with E-state index in [-0.39, 0.29) is 5.91 Å². The topological polar surface area (TPSA) is 32.3 Å². The first-order chi connectivity index (χ1) is 11.3. The third-order valence-corrected chi connectivity index (χ3v) is 3.69. The van der Waals surface area contributed by atoms with Crippen molar-refractivity contribution in [3.8, 4) is 0 Å². The van der Waals surface area contributed by atoms with Crippen LogP contribution in [0.4, 0.5) is 11.4 Å². The Morgan fingerprint density at radius 1 is 0.739 bits per heavy atom. The number of nitrogens with zero attached hydrogens (tertiary/aromatic N) is 1. The average Bonchev–Trinajstić information content (AvgIpc) is 2.61. The summed E-state index contributed by atoms with van der Waals surface area (Å²) in [4.78, 5) is 12.6. The Kier molecular flexibility index (Phi) is 4.60. The highest BCUT2D eigenvalue weighted by atomic mass is 35.5. The van der Waals surface area contributed by atoms with E-state index in [0.717, 1.165) is 11.4 Å². The largest absolute Gasteiger partial charge is 0.271 e. The van der Waals surface area contributed by atoms with Crippen LogP contribution in [0.15, 0.2) is 84.9 Å². The normalized spacial score (nSPS) is 10.1. The predicted octanol–water partition coefficient (Wildman–Crippen LogP) is 4.82. The maximum atomic E-state index is 12.6. The molecule has 0 aliphatic carbocycles. The van der Waals surface area contributed by atoms with Gasteiger partial charge in [0.2, 0.25) is 0 Å². The quantitative estimate of drug-likeness (QED) is 0.698. The fourth-order valence-electron chi connectivity index (χ4n) is 2.24. The molecule has 0 aromatic heterocycles. The molecule has 114 valence electrons. The van der Waals surface area contributed by atoms with Gasteiger partial charge in [-0.15, -0.1) is 0 Å². The lowest BCUT2D eigenvalue weighted by Crippen LogP contribution is -2.39. The molecule has 23 heavy (non-hydrogen) atoms. The van der Waals surface area contributed by atoms with Gasteiger partial charge < -0.3 is 0 Å². The van der Waals surface area contributed by atoms with Crippen molar-refractivity contribution < 1.29 is 4.79 Å². The number of hydrogen-bond acceptors (Lipinski definition) is 2. The molecule has 3 nitrogen and oxygen atoms in total. The summed E-state index contributed by atoms with van der Waals surface area (Å²) in [6, 6.07) is 26.3. The first-order valence-electron chi connectivity index (χ1n) is 7.21. The second kappa shape index (κ2) is 6.99. The van der Waals surface area contributed by atoms with Crippen LogP contribution in [0, 0.1) is 0 Å². The molecule has 0 unspecified atom stereocenters. The van der Waals surface area contributed by atoms with Gasteiger partial charge in [-0.05, 0) is 36.4 Å². The number of benzene rings is 3. The molecule has 0 atom stereocenters. The number of amides is 1. The maximum absolute atomic E-state index is 12.6. The fraction of sp³-hybridized carbons (Fsp3) is 0. The summed E-state index contributed by atoms with van der Waals surface area (Å²) < 4.78 is 0. The lowest BCUT2D eigenvalue weighted by molar-refractivity contribution is 0.0954. The van der Waals surface area contributed by atoms with Crippen LogP contribution < -0.4 is 10.4 Å². The van der Waals surface area contributed by atoms with Crippen molar-refractivity contribution in [1.82, 2.24) is 5.43 Å². The van der Waals surface area contributed by atoms with Crippen molar-refractivity contribution in [1.29, 1.82) is 0 Å². The highest BCUT2D eigenvalue weighted by Gasteiger charge is 2.15. The van der Waals surface area contributed by atoms with Crippen LogP contribution in [0.25, 0.3) is 0 Å². The van der Waals surface area contributed by atoms with E-state index in [1.54, 1.807) is 29.3 Å². The zero-order valence-corrected chi connectivity index (χ0v) is 13.1. The third-order valence-electron chi connectivity index (χ3n) is 3.36. The van der Waals surface area contributed by atoms with Gasteiger partial charge in [-0.3, -0.25) is 15.2 Å². The van der Waals surface area contributed by atoms with Crippen molar-refractivity contribution in [2.45, 2.75) is 0 Å². The van der Waals surface area contributed by atoms with Gasteiger partial charge in [0, 0.05) is 0 Å². The molecule has 0 spiro atoms. The van der Waals surface area contributed by atoms with Gasteiger partial charge in [-0.1, -0.05) is 60.1 Å². The lowest BCUT2D eigenvalue weighted by atomic mass is 10.2. The summed E-state index contributed by atoms with van der Waals surface area (Å²) in [5.41, 5.74) is 5.07. The Morgan fingerprint density at radius 2 is 1.22 bits per heavy atom. The zero-order chi connectivity index (χ0) is 16.1. The third kappa shape index (κ3) is 3.52. The molecule has 0 saturated carbocycles. The van der Waals surface area contributed by atoms with Crippen LogP contribution in [-0.4, -0.2) is 5.91 Å². The molecule has 0 aliphatic rings. The molecular weight excluding hydrogens is 308 g/mol. The van der Waals surface area contributed by atoms with E-state index >= 15 is 0 Å². The number of hydrogen-bond donors (Lipinski definition) is 1. The van der Waals surface area contributed by atoms with Gasteiger partial charge in [-0.25, -0.2) is 0 Å². The first kappa shape index (κ1) is 15.1. The molecule has 1 N–H and O–H groups in total. The van der Waals surface area contributed by atoms with Crippen LogP contribution in [0.5, 0.6) is 0 Å². The van der Waals surface area contributed by atoms with Crippen molar-refractivity contribution >= 4 is 28.9 Å². The Hall–Kier alpha value is -2.78. The van der Waals surface area contributed by atoms with E-state index in [4.69, 9.17) is 11.6 Å². The summed E-state index contributed by atoms with van der Waals surface area (Å²) in [6.45, 7) is 0. The van der Waals surface area contributed by atoms with E-state index in [0.29, 0.717) is 10.6 Å². The first-order valence-corrected chi connectivity index (χ1v) is 7.59. The number of anilines is 2. The van der Waals surface area contributed by atoms with Gasteiger partial charge in [0.1, 0.15) is 0 Å². The zero-order valence-electron chi connectivity index (χ0n) is 12.3. The van der Waals surface area contributed by atoms with Gasteiger partial charge >= 0.3 is 0 Å². The molecule has 3 aromatic carbocycles. The molecule has 0 saturated heterocycles. The Labute approximate surface area is 140 Å². The van der Waals surface area contributed by atoms with Gasteiger partial charge in [0.25, 0.3) is 5.91 Å². The number of halogens is 1. The molecule has 4 heteroatoms. The average molecular weight is 323 g/mol. The summed E-state index contributed by atoms with van der Waals surface area (Å²) in [6.07, 6.45) is 0. The lowest BCUT2D eigenvalue weighted by Gasteiger charge is -2.25. The molecule has 0 radical (unpaired) electrons. The second-order valence-corrected chi connectivity index (χ2v) is 5.33. The number of rotatable bonds is 4. The number of nitrogens with one attached hydrogen (secondary N) is 1. The van der Waals surface area contributed by atoms with E-state index in [1.807, 2.05) is 60.7 Å². The maximum Gasteiger partial charge on any atom is 0.271 e. The predicted molar refractivity (Wildman–Crippen MR) is 93.9 cm³/mol. The van der Waals surface area contributed by atoms with Gasteiger partial charge in [0.05, 0.1) is 22.0 Å². The van der Waals surface area contributed by atoms with Crippen LogP contribution >= 0.6 is 11.6 Å². The standard InChI is InChI=1S/C19H15ClN2O/c20-18-14-8-7-13-17(18)19(23)21-22(15-9-3-1-4-10-15)16-11-5-2-6-12-16/h1-14H,(H,21,23). The SMILES string of the molecule is O=C(NN(c1ccccc1)c1ccccc1)c1ccccc1Cl. The van der Waals surface area contributed by atoms with Crippen LogP contribution in [0.1, 0.15) is 10.4 Å². The molecule has 0 heterocycles.